The Morgan fingerprint density at radius 3 is 2.12 bits per heavy atom. The maximum atomic E-state index is 12.9. The van der Waals surface area contributed by atoms with Crippen LogP contribution in [0.15, 0.2) is 0 Å². The molecule has 0 unspecified atom stereocenters. The van der Waals surface area contributed by atoms with Crippen LogP contribution in [0, 0.1) is 0 Å². The van der Waals surface area contributed by atoms with Gasteiger partial charge in [-0.05, 0) is 33.1 Å². The molecule has 8 heteroatoms. The van der Waals surface area contributed by atoms with E-state index in [9.17, 15) is 9.59 Å². The highest BCUT2D eigenvalue weighted by Crippen LogP contribution is 2.28. The van der Waals surface area contributed by atoms with Gasteiger partial charge in [0.15, 0.2) is 0 Å². The molecule has 0 spiro atoms. The van der Waals surface area contributed by atoms with E-state index in [-0.39, 0.29) is 36.6 Å². The number of rotatable bonds is 5. The summed E-state index contributed by atoms with van der Waals surface area (Å²) < 4.78 is 0. The fourth-order valence-corrected chi connectivity index (χ4v) is 3.91. The number of nitrogens with zero attached hydrogens (tertiary/aromatic N) is 3. The van der Waals surface area contributed by atoms with Crippen molar-refractivity contribution in [3.63, 3.8) is 0 Å². The maximum absolute atomic E-state index is 12.9. The van der Waals surface area contributed by atoms with Crippen LogP contribution in [0.1, 0.15) is 52.4 Å². The summed E-state index contributed by atoms with van der Waals surface area (Å²) in [5.74, 6) is 0.307. The topological polar surface area (TPSA) is 69.9 Å². The van der Waals surface area contributed by atoms with E-state index < -0.39 is 5.54 Å². The first-order chi connectivity index (χ1) is 11.5. The quantitative estimate of drug-likeness (QED) is 0.750. The third-order valence-electron chi connectivity index (χ3n) is 5.52. The molecule has 2 N–H and O–H groups in total. The number of amides is 2. The van der Waals surface area contributed by atoms with Gasteiger partial charge in [0.2, 0.25) is 11.8 Å². The average Bonchev–Trinajstić information content (AvgIpc) is 2.81. The second-order valence-electron chi connectivity index (χ2n) is 7.20. The van der Waals surface area contributed by atoms with Crippen molar-refractivity contribution in [2.24, 2.45) is 5.73 Å². The van der Waals surface area contributed by atoms with Gasteiger partial charge in [0.1, 0.15) is 0 Å². The molecule has 1 heterocycles. The van der Waals surface area contributed by atoms with Crippen molar-refractivity contribution in [1.29, 1.82) is 0 Å². The molecule has 26 heavy (non-hydrogen) atoms. The van der Waals surface area contributed by atoms with Gasteiger partial charge in [0.05, 0.1) is 12.1 Å². The highest BCUT2D eigenvalue weighted by atomic mass is 35.5. The molecular formula is C18H36Cl2N4O2. The first kappa shape index (κ1) is 25.4. The molecule has 2 amide bonds. The van der Waals surface area contributed by atoms with Crippen LogP contribution in [0.25, 0.3) is 0 Å². The van der Waals surface area contributed by atoms with E-state index in [2.05, 4.69) is 4.90 Å². The highest BCUT2D eigenvalue weighted by molar-refractivity contribution is 5.86. The number of hydrogen-bond donors (Lipinski definition) is 1. The van der Waals surface area contributed by atoms with Crippen LogP contribution in [0.4, 0.5) is 0 Å². The number of carbonyl (C=O) groups is 2. The Morgan fingerprint density at radius 2 is 1.54 bits per heavy atom. The van der Waals surface area contributed by atoms with Crippen molar-refractivity contribution < 1.29 is 9.59 Å². The zero-order chi connectivity index (χ0) is 17.6. The second kappa shape index (κ2) is 12.0. The largest absolute Gasteiger partial charge is 0.342 e. The number of likely N-dealkylation sites (N-methyl/N-ethyl adjacent to an activating group) is 1. The van der Waals surface area contributed by atoms with Crippen LogP contribution in [-0.4, -0.2) is 77.9 Å². The molecule has 1 saturated carbocycles. The zero-order valence-corrected chi connectivity index (χ0v) is 17.9. The molecule has 0 aromatic carbocycles. The number of nitrogens with two attached hydrogens (primary N) is 1. The van der Waals surface area contributed by atoms with Gasteiger partial charge >= 0.3 is 0 Å². The van der Waals surface area contributed by atoms with Gasteiger partial charge in [-0.2, -0.15) is 0 Å². The summed E-state index contributed by atoms with van der Waals surface area (Å²) in [5.41, 5.74) is 5.76. The third kappa shape index (κ3) is 6.55. The number of carbonyl (C=O) groups excluding carboxylic acids is 2. The molecule has 2 rings (SSSR count). The van der Waals surface area contributed by atoms with E-state index >= 15 is 0 Å². The lowest BCUT2D eigenvalue weighted by Crippen LogP contribution is -2.56. The Hall–Kier alpha value is -0.560. The molecule has 6 nitrogen and oxygen atoms in total. The van der Waals surface area contributed by atoms with Gasteiger partial charge in [0, 0.05) is 39.3 Å². The summed E-state index contributed by atoms with van der Waals surface area (Å²) in [5, 5.41) is 0. The Balaban J connectivity index is 0.00000312. The summed E-state index contributed by atoms with van der Waals surface area (Å²) >= 11 is 0. The minimum Gasteiger partial charge on any atom is -0.342 e. The van der Waals surface area contributed by atoms with Gasteiger partial charge in [-0.1, -0.05) is 19.3 Å². The molecule has 0 radical (unpaired) electrons. The first-order valence-electron chi connectivity index (χ1n) is 9.58. The van der Waals surface area contributed by atoms with Gasteiger partial charge in [0.25, 0.3) is 0 Å². The average molecular weight is 411 g/mol. The molecule has 0 aromatic rings. The van der Waals surface area contributed by atoms with Crippen LogP contribution in [0.2, 0.25) is 0 Å². The van der Waals surface area contributed by atoms with Gasteiger partial charge in [-0.15, -0.1) is 24.8 Å². The van der Waals surface area contributed by atoms with Crippen LogP contribution in [0.5, 0.6) is 0 Å². The van der Waals surface area contributed by atoms with Gasteiger partial charge in [-0.3, -0.25) is 14.5 Å². The monoisotopic (exact) mass is 410 g/mol. The van der Waals surface area contributed by atoms with Gasteiger partial charge < -0.3 is 15.5 Å². The molecule has 2 aliphatic rings. The van der Waals surface area contributed by atoms with E-state index in [0.717, 1.165) is 64.8 Å². The molecule has 2 fully saturated rings. The van der Waals surface area contributed by atoms with Crippen LogP contribution in [0.3, 0.4) is 0 Å². The number of hydrogen-bond acceptors (Lipinski definition) is 4. The van der Waals surface area contributed by atoms with Crippen molar-refractivity contribution in [2.75, 3.05) is 45.8 Å². The maximum Gasteiger partial charge on any atom is 0.242 e. The lowest BCUT2D eigenvalue weighted by atomic mass is 9.81. The Kier molecular flexibility index (Phi) is 11.7. The Morgan fingerprint density at radius 1 is 0.923 bits per heavy atom. The van der Waals surface area contributed by atoms with E-state index in [1.807, 2.05) is 23.6 Å². The van der Waals surface area contributed by atoms with E-state index in [4.69, 9.17) is 5.73 Å². The minimum absolute atomic E-state index is 0. The zero-order valence-electron chi connectivity index (χ0n) is 16.2. The Labute approximate surface area is 170 Å². The van der Waals surface area contributed by atoms with Crippen molar-refractivity contribution in [2.45, 2.75) is 57.9 Å². The fourth-order valence-electron chi connectivity index (χ4n) is 3.91. The molecule has 0 bridgehead atoms. The fraction of sp³-hybridized carbons (Fsp3) is 0.889. The molecule has 154 valence electrons. The van der Waals surface area contributed by atoms with Crippen molar-refractivity contribution >= 4 is 36.6 Å². The second-order valence-corrected chi connectivity index (χ2v) is 7.20. The molecule has 1 saturated heterocycles. The lowest BCUT2D eigenvalue weighted by Gasteiger charge is -2.36. The lowest BCUT2D eigenvalue weighted by molar-refractivity contribution is -0.138. The number of halogens is 2. The van der Waals surface area contributed by atoms with Crippen LogP contribution in [-0.2, 0) is 9.59 Å². The third-order valence-corrected chi connectivity index (χ3v) is 5.52. The van der Waals surface area contributed by atoms with Crippen LogP contribution >= 0.6 is 24.8 Å². The molecule has 1 aliphatic carbocycles. The summed E-state index contributed by atoms with van der Waals surface area (Å²) in [6, 6.07) is 0. The normalized spacial score (nSPS) is 20.3. The first-order valence-corrected chi connectivity index (χ1v) is 9.58. The predicted molar refractivity (Wildman–Crippen MR) is 110 cm³/mol. The Bertz CT molecular complexity index is 441. The van der Waals surface area contributed by atoms with E-state index in [1.54, 1.807) is 0 Å². The molecular weight excluding hydrogens is 375 g/mol. The van der Waals surface area contributed by atoms with Gasteiger partial charge in [-0.25, -0.2) is 0 Å². The molecule has 0 atom stereocenters. The minimum atomic E-state index is -0.648. The van der Waals surface area contributed by atoms with Crippen LogP contribution < -0.4 is 5.73 Å². The van der Waals surface area contributed by atoms with Crippen molar-refractivity contribution in [1.82, 2.24) is 14.7 Å². The summed E-state index contributed by atoms with van der Waals surface area (Å²) in [6.45, 7) is 9.05. The molecule has 0 aromatic heterocycles. The predicted octanol–water partition coefficient (Wildman–Crippen LogP) is 1.89. The summed E-state index contributed by atoms with van der Waals surface area (Å²) in [4.78, 5) is 31.1. The van der Waals surface area contributed by atoms with Crippen molar-refractivity contribution in [3.8, 4) is 0 Å². The summed E-state index contributed by atoms with van der Waals surface area (Å²) in [6.07, 6.45) is 5.83. The van der Waals surface area contributed by atoms with E-state index in [1.165, 1.54) is 6.42 Å². The SMILES string of the molecule is CCN(CC)C(=O)CN1CCCN(C(=O)C2(N)CCCCC2)CC1.Cl.Cl. The van der Waals surface area contributed by atoms with E-state index in [0.29, 0.717) is 13.1 Å². The smallest absolute Gasteiger partial charge is 0.242 e. The van der Waals surface area contributed by atoms with Crippen molar-refractivity contribution in [3.05, 3.63) is 0 Å². The standard InChI is InChI=1S/C18H34N4O2.2ClH/c1-3-21(4-2)16(23)15-20-11-8-12-22(14-13-20)17(24)18(19)9-6-5-7-10-18;;/h3-15,19H2,1-2H3;2*1H. The highest BCUT2D eigenvalue weighted by Gasteiger charge is 2.38. The molecule has 1 aliphatic heterocycles. The summed E-state index contributed by atoms with van der Waals surface area (Å²) in [7, 11) is 0.